The van der Waals surface area contributed by atoms with Gasteiger partial charge in [-0.25, -0.2) is 8.42 Å². The molecule has 0 spiro atoms. The quantitative estimate of drug-likeness (QED) is 0.531. The van der Waals surface area contributed by atoms with Gasteiger partial charge in [-0.15, -0.1) is 0 Å². The van der Waals surface area contributed by atoms with Crippen LogP contribution in [0.3, 0.4) is 0 Å². The second kappa shape index (κ2) is 7.36. The lowest BCUT2D eigenvalue weighted by Gasteiger charge is -2.39. The Labute approximate surface area is 174 Å². The Morgan fingerprint density at radius 2 is 1.80 bits per heavy atom. The van der Waals surface area contributed by atoms with Crippen LogP contribution < -0.4 is 0 Å². The Hall–Kier alpha value is -3.00. The number of hydrogen-bond donors (Lipinski definition) is 2. The summed E-state index contributed by atoms with van der Waals surface area (Å²) in [5, 5.41) is 12.3. The molecular weight excluding hydrogens is 398 g/mol. The van der Waals surface area contributed by atoms with E-state index in [-0.39, 0.29) is 11.4 Å². The topological polar surface area (TPSA) is 86.3 Å². The number of rotatable bonds is 4. The molecule has 0 saturated heterocycles. The number of aliphatic hydroxyl groups is 1. The van der Waals surface area contributed by atoms with Gasteiger partial charge >= 0.3 is 0 Å². The van der Waals surface area contributed by atoms with Gasteiger partial charge in [0, 0.05) is 41.6 Å². The minimum atomic E-state index is -3.78. The van der Waals surface area contributed by atoms with Crippen molar-refractivity contribution in [3.63, 3.8) is 0 Å². The molecule has 0 radical (unpaired) electrons. The molecule has 2 aromatic carbocycles. The zero-order valence-electron chi connectivity index (χ0n) is 16.1. The number of aromatic nitrogens is 2. The lowest BCUT2D eigenvalue weighted by atomic mass is 9.94. The van der Waals surface area contributed by atoms with Crippen molar-refractivity contribution in [1.82, 2.24) is 14.3 Å². The molecule has 0 saturated carbocycles. The SMILES string of the molecule is O=S1(=O)c2ccccc2C(O)C(Cc2cccc3[nH]ccc23)N1Cc1ccncc1. The highest BCUT2D eigenvalue weighted by atomic mass is 32.2. The van der Waals surface area contributed by atoms with Crippen molar-refractivity contribution in [3.05, 3.63) is 95.9 Å². The first-order valence-electron chi connectivity index (χ1n) is 9.78. The van der Waals surface area contributed by atoms with Gasteiger partial charge in [0.15, 0.2) is 0 Å². The van der Waals surface area contributed by atoms with Crippen LogP contribution in [0.1, 0.15) is 22.8 Å². The third-order valence-corrected chi connectivity index (χ3v) is 7.71. The lowest BCUT2D eigenvalue weighted by Crippen LogP contribution is -2.48. The molecule has 3 heterocycles. The summed E-state index contributed by atoms with van der Waals surface area (Å²) in [7, 11) is -3.78. The number of nitrogens with one attached hydrogen (secondary N) is 1. The first-order chi connectivity index (χ1) is 14.6. The van der Waals surface area contributed by atoms with Crippen LogP contribution in [0.25, 0.3) is 10.9 Å². The highest BCUT2D eigenvalue weighted by Gasteiger charge is 2.43. The van der Waals surface area contributed by atoms with Crippen molar-refractivity contribution < 1.29 is 13.5 Å². The van der Waals surface area contributed by atoms with Crippen LogP contribution in [0.4, 0.5) is 0 Å². The van der Waals surface area contributed by atoms with Crippen LogP contribution >= 0.6 is 0 Å². The highest BCUT2D eigenvalue weighted by Crippen LogP contribution is 2.39. The molecule has 30 heavy (non-hydrogen) atoms. The Morgan fingerprint density at radius 1 is 1.00 bits per heavy atom. The molecule has 0 aliphatic carbocycles. The summed E-state index contributed by atoms with van der Waals surface area (Å²) in [6.07, 6.45) is 4.62. The van der Waals surface area contributed by atoms with Crippen LogP contribution in [0.2, 0.25) is 0 Å². The van der Waals surface area contributed by atoms with E-state index >= 15 is 0 Å². The van der Waals surface area contributed by atoms with Gasteiger partial charge in [-0.05, 0) is 47.9 Å². The third-order valence-electron chi connectivity index (χ3n) is 5.76. The summed E-state index contributed by atoms with van der Waals surface area (Å²) >= 11 is 0. The molecule has 2 N–H and O–H groups in total. The lowest BCUT2D eigenvalue weighted by molar-refractivity contribution is 0.0771. The minimum Gasteiger partial charge on any atom is -0.387 e. The number of H-pyrrole nitrogens is 1. The second-order valence-corrected chi connectivity index (χ2v) is 9.37. The fraction of sp³-hybridized carbons (Fsp3) is 0.174. The molecule has 7 heteroatoms. The Kier molecular flexibility index (Phi) is 4.66. The molecule has 0 bridgehead atoms. The normalized spacial score (nSPS) is 20.8. The average Bonchev–Trinajstić information content (AvgIpc) is 3.25. The van der Waals surface area contributed by atoms with E-state index in [0.29, 0.717) is 12.0 Å². The van der Waals surface area contributed by atoms with E-state index in [4.69, 9.17) is 0 Å². The van der Waals surface area contributed by atoms with Crippen molar-refractivity contribution in [2.24, 2.45) is 0 Å². The molecule has 0 fully saturated rings. The molecule has 2 aromatic heterocycles. The van der Waals surface area contributed by atoms with Gasteiger partial charge in [0.25, 0.3) is 0 Å². The molecule has 152 valence electrons. The third kappa shape index (κ3) is 3.11. The van der Waals surface area contributed by atoms with Crippen LogP contribution in [0.15, 0.2) is 84.1 Å². The number of hydrogen-bond acceptors (Lipinski definition) is 4. The zero-order valence-corrected chi connectivity index (χ0v) is 17.0. The first-order valence-corrected chi connectivity index (χ1v) is 11.2. The summed E-state index contributed by atoms with van der Waals surface area (Å²) in [4.78, 5) is 7.38. The largest absolute Gasteiger partial charge is 0.387 e. The van der Waals surface area contributed by atoms with Crippen molar-refractivity contribution >= 4 is 20.9 Å². The summed E-state index contributed by atoms with van der Waals surface area (Å²) < 4.78 is 28.6. The van der Waals surface area contributed by atoms with Gasteiger partial charge in [-0.3, -0.25) is 4.98 Å². The maximum Gasteiger partial charge on any atom is 0.244 e. The van der Waals surface area contributed by atoms with Gasteiger partial charge in [-0.2, -0.15) is 4.31 Å². The molecule has 2 atom stereocenters. The zero-order chi connectivity index (χ0) is 20.7. The van der Waals surface area contributed by atoms with E-state index < -0.39 is 22.2 Å². The fourth-order valence-corrected chi connectivity index (χ4v) is 6.12. The van der Waals surface area contributed by atoms with Crippen LogP contribution in [-0.4, -0.2) is 33.8 Å². The highest BCUT2D eigenvalue weighted by molar-refractivity contribution is 7.89. The van der Waals surface area contributed by atoms with Crippen LogP contribution in [0, 0.1) is 0 Å². The first kappa shape index (κ1) is 19.0. The molecule has 1 aliphatic heterocycles. The molecule has 6 nitrogen and oxygen atoms in total. The number of fused-ring (bicyclic) bond motifs is 2. The molecule has 4 aromatic rings. The Morgan fingerprint density at radius 3 is 2.63 bits per heavy atom. The van der Waals surface area contributed by atoms with E-state index in [9.17, 15) is 13.5 Å². The van der Waals surface area contributed by atoms with Gasteiger partial charge in [-0.1, -0.05) is 30.3 Å². The van der Waals surface area contributed by atoms with Crippen LogP contribution in [-0.2, 0) is 23.0 Å². The predicted octanol–water partition coefficient (Wildman–Crippen LogP) is 3.41. The van der Waals surface area contributed by atoms with Crippen molar-refractivity contribution in [1.29, 1.82) is 0 Å². The monoisotopic (exact) mass is 419 g/mol. The van der Waals surface area contributed by atoms with Crippen molar-refractivity contribution in [2.75, 3.05) is 0 Å². The van der Waals surface area contributed by atoms with Crippen molar-refractivity contribution in [3.8, 4) is 0 Å². The summed E-state index contributed by atoms with van der Waals surface area (Å²) in [5.74, 6) is 0. The maximum atomic E-state index is 13.6. The average molecular weight is 420 g/mol. The second-order valence-electron chi connectivity index (χ2n) is 7.52. The number of pyridine rings is 1. The van der Waals surface area contributed by atoms with Gasteiger partial charge in [0.05, 0.1) is 17.0 Å². The Balaban J connectivity index is 1.63. The predicted molar refractivity (Wildman–Crippen MR) is 114 cm³/mol. The molecule has 1 aliphatic rings. The van der Waals surface area contributed by atoms with E-state index in [1.54, 1.807) is 48.8 Å². The van der Waals surface area contributed by atoms with E-state index in [2.05, 4.69) is 9.97 Å². The summed E-state index contributed by atoms with van der Waals surface area (Å²) in [6, 6.07) is 17.6. The Bertz CT molecular complexity index is 1300. The van der Waals surface area contributed by atoms with E-state index in [1.807, 2.05) is 30.5 Å². The van der Waals surface area contributed by atoms with Gasteiger partial charge in [0.1, 0.15) is 0 Å². The van der Waals surface area contributed by atoms with Gasteiger partial charge < -0.3 is 10.1 Å². The fourth-order valence-electron chi connectivity index (χ4n) is 4.27. The van der Waals surface area contributed by atoms with Gasteiger partial charge in [0.2, 0.25) is 10.0 Å². The van der Waals surface area contributed by atoms with Crippen LogP contribution in [0.5, 0.6) is 0 Å². The number of sulfonamides is 1. The molecule has 5 rings (SSSR count). The number of nitrogens with zero attached hydrogens (tertiary/aromatic N) is 2. The van der Waals surface area contributed by atoms with E-state index in [1.165, 1.54) is 4.31 Å². The molecular formula is C23H21N3O3S. The maximum absolute atomic E-state index is 13.6. The smallest absolute Gasteiger partial charge is 0.244 e. The summed E-state index contributed by atoms with van der Waals surface area (Å²) in [5.41, 5.74) is 3.26. The van der Waals surface area contributed by atoms with Crippen molar-refractivity contribution in [2.45, 2.75) is 30.0 Å². The number of benzene rings is 2. The summed E-state index contributed by atoms with van der Waals surface area (Å²) in [6.45, 7) is 0.171. The molecule has 2 unspecified atom stereocenters. The molecule has 0 amide bonds. The minimum absolute atomic E-state index is 0.169. The standard InChI is InChI=1S/C23H21N3O3S/c27-23-19-5-1-2-7-22(19)30(28,29)26(15-16-8-11-24-12-9-16)21(23)14-17-4-3-6-20-18(17)10-13-25-20/h1-13,21,23,25,27H,14-15H2. The van der Waals surface area contributed by atoms with E-state index in [0.717, 1.165) is 22.0 Å². The number of aromatic amines is 1. The number of aliphatic hydroxyl groups excluding tert-OH is 1.